The van der Waals surface area contributed by atoms with Crippen molar-refractivity contribution in [2.45, 2.75) is 19.8 Å². The number of aryl methyl sites for hydroxylation is 1. The molecule has 4 rings (SSSR count). The molecule has 35 heavy (non-hydrogen) atoms. The molecule has 0 saturated carbocycles. The van der Waals surface area contributed by atoms with E-state index < -0.39 is 24.2 Å². The number of hydrogen-bond donors (Lipinski definition) is 3. The van der Waals surface area contributed by atoms with Crippen LogP contribution in [0.1, 0.15) is 39.3 Å². The SMILES string of the molecule is Cc1c(/C=C2\C(=O)Nc3cc(NC(=O)CN=O)c(F)cc32)[nH]c2c1C(=O)N(CCN(C)C)CCC2. The number of anilines is 2. The molecule has 184 valence electrons. The van der Waals surface area contributed by atoms with Gasteiger partial charge in [0.2, 0.25) is 5.91 Å². The van der Waals surface area contributed by atoms with Crippen molar-refractivity contribution in [1.29, 1.82) is 0 Å². The maximum absolute atomic E-state index is 14.7. The van der Waals surface area contributed by atoms with E-state index in [1.807, 2.05) is 30.8 Å². The molecule has 2 aromatic rings. The van der Waals surface area contributed by atoms with E-state index in [9.17, 15) is 23.7 Å². The molecular weight excluding hydrogens is 455 g/mol. The van der Waals surface area contributed by atoms with Crippen LogP contribution in [-0.4, -0.2) is 72.8 Å². The highest BCUT2D eigenvalue weighted by Gasteiger charge is 2.30. The zero-order valence-electron chi connectivity index (χ0n) is 19.8. The summed E-state index contributed by atoms with van der Waals surface area (Å²) in [6.07, 6.45) is 3.15. The van der Waals surface area contributed by atoms with Crippen molar-refractivity contribution in [3.05, 3.63) is 50.9 Å². The van der Waals surface area contributed by atoms with Crippen molar-refractivity contribution >= 4 is 40.7 Å². The third-order valence-corrected chi connectivity index (χ3v) is 6.20. The van der Waals surface area contributed by atoms with Crippen LogP contribution in [0.2, 0.25) is 0 Å². The first-order chi connectivity index (χ1) is 16.7. The zero-order chi connectivity index (χ0) is 25.3. The molecule has 0 bridgehead atoms. The Morgan fingerprint density at radius 1 is 1.31 bits per heavy atom. The second kappa shape index (κ2) is 9.79. The Balaban J connectivity index is 1.66. The molecule has 0 aliphatic carbocycles. The number of aromatic nitrogens is 1. The molecule has 0 atom stereocenters. The Bertz CT molecular complexity index is 1250. The predicted molar refractivity (Wildman–Crippen MR) is 131 cm³/mol. The molecule has 0 fully saturated rings. The van der Waals surface area contributed by atoms with E-state index in [1.165, 1.54) is 6.07 Å². The van der Waals surface area contributed by atoms with E-state index in [0.717, 1.165) is 30.3 Å². The lowest BCUT2D eigenvalue weighted by Crippen LogP contribution is -2.36. The van der Waals surface area contributed by atoms with Gasteiger partial charge in [-0.1, -0.05) is 5.18 Å². The van der Waals surface area contributed by atoms with Crippen molar-refractivity contribution in [3.8, 4) is 0 Å². The monoisotopic (exact) mass is 482 g/mol. The molecule has 3 heterocycles. The van der Waals surface area contributed by atoms with Crippen molar-refractivity contribution in [1.82, 2.24) is 14.8 Å². The molecule has 0 spiro atoms. The van der Waals surface area contributed by atoms with Crippen LogP contribution in [0, 0.1) is 17.6 Å². The number of rotatable bonds is 7. The molecule has 1 aromatic carbocycles. The van der Waals surface area contributed by atoms with Gasteiger partial charge in [0.15, 0.2) is 6.54 Å². The summed E-state index contributed by atoms with van der Waals surface area (Å²) < 4.78 is 14.7. The minimum atomic E-state index is -0.758. The number of aromatic amines is 1. The molecule has 3 N–H and O–H groups in total. The number of amides is 3. The zero-order valence-corrected chi connectivity index (χ0v) is 19.8. The first-order valence-electron chi connectivity index (χ1n) is 11.3. The van der Waals surface area contributed by atoms with Gasteiger partial charge in [-0.05, 0) is 57.6 Å². The Kier molecular flexibility index (Phi) is 6.79. The first-order valence-corrected chi connectivity index (χ1v) is 11.3. The number of hydrogen-bond acceptors (Lipinski definition) is 6. The third-order valence-electron chi connectivity index (χ3n) is 6.20. The number of carbonyl (C=O) groups excluding carboxylic acids is 3. The molecule has 10 nitrogen and oxygen atoms in total. The minimum Gasteiger partial charge on any atom is -0.358 e. The van der Waals surface area contributed by atoms with E-state index in [-0.39, 0.29) is 17.2 Å². The van der Waals surface area contributed by atoms with Gasteiger partial charge in [0, 0.05) is 36.6 Å². The number of nitrogens with zero attached hydrogens (tertiary/aromatic N) is 3. The number of fused-ring (bicyclic) bond motifs is 2. The van der Waals surface area contributed by atoms with Gasteiger partial charge >= 0.3 is 0 Å². The Labute approximate surface area is 201 Å². The Morgan fingerprint density at radius 3 is 2.80 bits per heavy atom. The van der Waals surface area contributed by atoms with Crippen LogP contribution in [-0.2, 0) is 16.0 Å². The average molecular weight is 483 g/mol. The van der Waals surface area contributed by atoms with Crippen LogP contribution in [0.5, 0.6) is 0 Å². The molecular formula is C24H27FN6O4. The quantitative estimate of drug-likeness (QED) is 0.413. The Morgan fingerprint density at radius 2 is 2.09 bits per heavy atom. The summed E-state index contributed by atoms with van der Waals surface area (Å²) in [5, 5.41) is 7.41. The molecule has 11 heteroatoms. The van der Waals surface area contributed by atoms with Crippen molar-refractivity contribution < 1.29 is 18.8 Å². The van der Waals surface area contributed by atoms with Crippen LogP contribution in [0.4, 0.5) is 15.8 Å². The summed E-state index contributed by atoms with van der Waals surface area (Å²) in [4.78, 5) is 55.0. The van der Waals surface area contributed by atoms with Gasteiger partial charge in [0.05, 0.1) is 22.5 Å². The fourth-order valence-corrected chi connectivity index (χ4v) is 4.38. The molecule has 3 amide bonds. The fourth-order valence-electron chi connectivity index (χ4n) is 4.38. The molecule has 0 saturated heterocycles. The van der Waals surface area contributed by atoms with Crippen LogP contribution >= 0.6 is 0 Å². The minimum absolute atomic E-state index is 0.0368. The largest absolute Gasteiger partial charge is 0.358 e. The highest BCUT2D eigenvalue weighted by molar-refractivity contribution is 6.35. The van der Waals surface area contributed by atoms with Gasteiger partial charge in [0.25, 0.3) is 11.8 Å². The lowest BCUT2D eigenvalue weighted by atomic mass is 10.0. The maximum Gasteiger partial charge on any atom is 0.256 e. The molecule has 2 aliphatic rings. The van der Waals surface area contributed by atoms with Crippen molar-refractivity contribution in [2.24, 2.45) is 5.18 Å². The summed E-state index contributed by atoms with van der Waals surface area (Å²) in [5.74, 6) is -1.98. The van der Waals surface area contributed by atoms with E-state index >= 15 is 0 Å². The third kappa shape index (κ3) is 4.85. The summed E-state index contributed by atoms with van der Waals surface area (Å²) in [7, 11) is 3.93. The number of H-pyrrole nitrogens is 1. The molecule has 2 aliphatic heterocycles. The van der Waals surface area contributed by atoms with Crippen LogP contribution in [0.3, 0.4) is 0 Å². The lowest BCUT2D eigenvalue weighted by Gasteiger charge is -2.23. The standard InChI is InChI=1S/C24H27FN6O4/c1-13-18(27-17-5-4-6-31(8-7-30(2)3)24(34)22(13)17)10-15-14-9-16(25)20(28-21(32)12-26-35)11-19(14)29-23(15)33/h9-11,27H,4-8,12H2,1-3H3,(H,28,32)(H,29,33)/b15-10-. The number of benzene rings is 1. The number of nitrogens with one attached hydrogen (secondary N) is 3. The van der Waals surface area contributed by atoms with Gasteiger partial charge in [-0.3, -0.25) is 14.4 Å². The highest BCUT2D eigenvalue weighted by Crippen LogP contribution is 2.37. The summed E-state index contributed by atoms with van der Waals surface area (Å²) >= 11 is 0. The molecule has 0 radical (unpaired) electrons. The van der Waals surface area contributed by atoms with Gasteiger partial charge in [-0.2, -0.15) is 4.91 Å². The number of likely N-dealkylation sites (N-methyl/N-ethyl adjacent to an activating group) is 1. The summed E-state index contributed by atoms with van der Waals surface area (Å²) in [6.45, 7) is 3.27. The van der Waals surface area contributed by atoms with Crippen molar-refractivity contribution in [2.75, 3.05) is 50.9 Å². The average Bonchev–Trinajstić information content (AvgIpc) is 3.19. The fraction of sp³-hybridized carbons (Fsp3) is 0.375. The smallest absolute Gasteiger partial charge is 0.256 e. The number of nitroso groups, excluding NO2 is 1. The number of carbonyl (C=O) groups is 3. The van der Waals surface area contributed by atoms with Crippen molar-refractivity contribution in [3.63, 3.8) is 0 Å². The highest BCUT2D eigenvalue weighted by atomic mass is 19.1. The lowest BCUT2D eigenvalue weighted by molar-refractivity contribution is -0.115. The second-order valence-electron chi connectivity index (χ2n) is 8.94. The second-order valence-corrected chi connectivity index (χ2v) is 8.94. The van der Waals surface area contributed by atoms with Gasteiger partial charge < -0.3 is 25.4 Å². The number of halogens is 1. The summed E-state index contributed by atoms with van der Waals surface area (Å²) in [5.41, 5.74) is 3.55. The van der Waals surface area contributed by atoms with Gasteiger partial charge in [0.1, 0.15) is 5.82 Å². The predicted octanol–water partition coefficient (Wildman–Crippen LogP) is 2.61. The van der Waals surface area contributed by atoms with Gasteiger partial charge in [-0.25, -0.2) is 4.39 Å². The molecule has 1 aromatic heterocycles. The summed E-state index contributed by atoms with van der Waals surface area (Å²) in [6, 6.07) is 2.45. The van der Waals surface area contributed by atoms with E-state index in [1.54, 1.807) is 6.08 Å². The van der Waals surface area contributed by atoms with E-state index in [2.05, 4.69) is 20.8 Å². The van der Waals surface area contributed by atoms with Crippen LogP contribution in [0.25, 0.3) is 11.6 Å². The van der Waals surface area contributed by atoms with E-state index in [0.29, 0.717) is 42.0 Å². The topological polar surface area (TPSA) is 127 Å². The maximum atomic E-state index is 14.7. The van der Waals surface area contributed by atoms with Crippen LogP contribution in [0.15, 0.2) is 17.3 Å². The first kappa shape index (κ1) is 24.3. The van der Waals surface area contributed by atoms with Gasteiger partial charge in [-0.15, -0.1) is 0 Å². The Hall–Kier alpha value is -3.86. The molecule has 0 unspecified atom stereocenters. The normalized spacial score (nSPS) is 16.3. The van der Waals surface area contributed by atoms with Crippen LogP contribution < -0.4 is 10.6 Å². The van der Waals surface area contributed by atoms with E-state index in [4.69, 9.17) is 0 Å².